The van der Waals surface area contributed by atoms with E-state index >= 15 is 0 Å². The molecule has 0 bridgehead atoms. The largest absolute Gasteiger partial charge is 0.497 e. The van der Waals surface area contributed by atoms with Crippen LogP contribution in [-0.2, 0) is 0 Å². The van der Waals surface area contributed by atoms with Crippen molar-refractivity contribution in [3.05, 3.63) is 33.7 Å². The number of thiazole rings is 1. The summed E-state index contributed by atoms with van der Waals surface area (Å²) >= 11 is 4.85. The Bertz CT molecular complexity index is 565. The molecule has 1 aromatic heterocycles. The molecular weight excluding hydrogens is 302 g/mol. The number of nitrogens with zero attached hydrogens (tertiary/aromatic N) is 1. The van der Waals surface area contributed by atoms with Gasteiger partial charge in [0, 0.05) is 23.2 Å². The molecule has 0 fully saturated rings. The van der Waals surface area contributed by atoms with E-state index < -0.39 is 0 Å². The zero-order valence-electron chi connectivity index (χ0n) is 9.36. The van der Waals surface area contributed by atoms with Gasteiger partial charge in [0.1, 0.15) is 10.8 Å². The lowest BCUT2D eigenvalue weighted by molar-refractivity contribution is 0.102. The van der Waals surface area contributed by atoms with Crippen molar-refractivity contribution in [2.45, 2.75) is 6.92 Å². The van der Waals surface area contributed by atoms with Gasteiger partial charge in [0.15, 0.2) is 5.78 Å². The molecular formula is C12H10BrNO2S. The number of aromatic nitrogens is 1. The van der Waals surface area contributed by atoms with E-state index in [4.69, 9.17) is 4.74 Å². The number of halogens is 1. The van der Waals surface area contributed by atoms with Gasteiger partial charge in [0.25, 0.3) is 0 Å². The number of Topliss-reactive ketones (excluding diaryl/α,β-unsaturated/α-hetero) is 1. The summed E-state index contributed by atoms with van der Waals surface area (Å²) in [5, 5.41) is 0.806. The van der Waals surface area contributed by atoms with E-state index in [0.29, 0.717) is 4.88 Å². The van der Waals surface area contributed by atoms with Crippen LogP contribution in [-0.4, -0.2) is 17.9 Å². The Kier molecular flexibility index (Phi) is 3.59. The van der Waals surface area contributed by atoms with Gasteiger partial charge in [-0.1, -0.05) is 15.9 Å². The first-order valence-corrected chi connectivity index (χ1v) is 6.53. The molecule has 0 aliphatic heterocycles. The van der Waals surface area contributed by atoms with Gasteiger partial charge in [-0.2, -0.15) is 0 Å². The molecule has 17 heavy (non-hydrogen) atoms. The second-order valence-electron chi connectivity index (χ2n) is 3.43. The normalized spacial score (nSPS) is 10.3. The third-order valence-corrected chi connectivity index (χ3v) is 4.08. The molecule has 5 heteroatoms. The van der Waals surface area contributed by atoms with Crippen molar-refractivity contribution in [1.82, 2.24) is 4.98 Å². The van der Waals surface area contributed by atoms with Crippen LogP contribution in [0.25, 0.3) is 10.6 Å². The summed E-state index contributed by atoms with van der Waals surface area (Å²) in [6, 6.07) is 5.67. The summed E-state index contributed by atoms with van der Waals surface area (Å²) in [6.07, 6.45) is 1.61. The van der Waals surface area contributed by atoms with Gasteiger partial charge in [-0.3, -0.25) is 4.79 Å². The lowest BCUT2D eigenvalue weighted by Crippen LogP contribution is -1.84. The van der Waals surface area contributed by atoms with E-state index in [9.17, 15) is 4.79 Å². The molecule has 0 N–H and O–H groups in total. The molecule has 1 heterocycles. The van der Waals surface area contributed by atoms with Crippen molar-refractivity contribution in [2.24, 2.45) is 0 Å². The summed E-state index contributed by atoms with van der Waals surface area (Å²) < 4.78 is 6.11. The SMILES string of the molecule is COc1ccc(Br)c(-c2ncc(C(C)=O)s2)c1. The van der Waals surface area contributed by atoms with Gasteiger partial charge in [0.2, 0.25) is 0 Å². The van der Waals surface area contributed by atoms with Crippen molar-refractivity contribution in [3.63, 3.8) is 0 Å². The fourth-order valence-electron chi connectivity index (χ4n) is 1.36. The Hall–Kier alpha value is -1.20. The lowest BCUT2D eigenvalue weighted by atomic mass is 10.2. The molecule has 0 unspecified atom stereocenters. The minimum absolute atomic E-state index is 0.0350. The molecule has 0 atom stereocenters. The summed E-state index contributed by atoms with van der Waals surface area (Å²) in [4.78, 5) is 16.1. The Morgan fingerprint density at radius 3 is 2.82 bits per heavy atom. The molecule has 3 nitrogen and oxygen atoms in total. The summed E-state index contributed by atoms with van der Waals surface area (Å²) in [5.41, 5.74) is 0.932. The van der Waals surface area contributed by atoms with Gasteiger partial charge >= 0.3 is 0 Å². The van der Waals surface area contributed by atoms with Crippen LogP contribution in [0.3, 0.4) is 0 Å². The van der Waals surface area contributed by atoms with E-state index in [1.807, 2.05) is 18.2 Å². The van der Waals surface area contributed by atoms with Crippen LogP contribution in [0.2, 0.25) is 0 Å². The molecule has 2 rings (SSSR count). The number of methoxy groups -OCH3 is 1. The van der Waals surface area contributed by atoms with Crippen LogP contribution in [0.4, 0.5) is 0 Å². The number of ketones is 1. The zero-order valence-corrected chi connectivity index (χ0v) is 11.8. The molecule has 0 amide bonds. The van der Waals surface area contributed by atoms with Crippen molar-refractivity contribution in [1.29, 1.82) is 0 Å². The Morgan fingerprint density at radius 2 is 2.24 bits per heavy atom. The molecule has 1 aromatic carbocycles. The van der Waals surface area contributed by atoms with E-state index in [-0.39, 0.29) is 5.78 Å². The second kappa shape index (κ2) is 4.98. The Labute approximate surface area is 112 Å². The fourth-order valence-corrected chi connectivity index (χ4v) is 2.76. The zero-order chi connectivity index (χ0) is 12.4. The molecule has 0 spiro atoms. The highest BCUT2D eigenvalue weighted by atomic mass is 79.9. The van der Waals surface area contributed by atoms with Crippen molar-refractivity contribution in [2.75, 3.05) is 7.11 Å². The topological polar surface area (TPSA) is 39.2 Å². The summed E-state index contributed by atoms with van der Waals surface area (Å²) in [5.74, 6) is 0.801. The molecule has 0 radical (unpaired) electrons. The smallest absolute Gasteiger partial charge is 0.171 e. The van der Waals surface area contributed by atoms with E-state index in [1.54, 1.807) is 13.3 Å². The van der Waals surface area contributed by atoms with Crippen LogP contribution >= 0.6 is 27.3 Å². The maximum atomic E-state index is 11.2. The van der Waals surface area contributed by atoms with Crippen LogP contribution in [0.5, 0.6) is 5.75 Å². The highest BCUT2D eigenvalue weighted by Gasteiger charge is 2.11. The standard InChI is InChI=1S/C12H10BrNO2S/c1-7(15)11-6-14-12(17-11)9-5-8(16-2)3-4-10(9)13/h3-6H,1-2H3. The highest BCUT2D eigenvalue weighted by Crippen LogP contribution is 2.34. The Morgan fingerprint density at radius 1 is 1.47 bits per heavy atom. The minimum atomic E-state index is 0.0350. The number of rotatable bonds is 3. The van der Waals surface area contributed by atoms with Gasteiger partial charge in [-0.05, 0) is 18.2 Å². The quantitative estimate of drug-likeness (QED) is 0.810. The third kappa shape index (κ3) is 2.56. The van der Waals surface area contributed by atoms with E-state index in [2.05, 4.69) is 20.9 Å². The maximum absolute atomic E-state index is 11.2. The van der Waals surface area contributed by atoms with Crippen LogP contribution < -0.4 is 4.74 Å². The molecule has 88 valence electrons. The number of ether oxygens (including phenoxy) is 1. The number of hydrogen-bond acceptors (Lipinski definition) is 4. The molecule has 2 aromatic rings. The van der Waals surface area contributed by atoms with Gasteiger partial charge in [-0.15, -0.1) is 11.3 Å². The highest BCUT2D eigenvalue weighted by molar-refractivity contribution is 9.10. The van der Waals surface area contributed by atoms with Crippen LogP contribution in [0.15, 0.2) is 28.9 Å². The minimum Gasteiger partial charge on any atom is -0.497 e. The van der Waals surface area contributed by atoms with Crippen molar-refractivity contribution < 1.29 is 9.53 Å². The number of carbonyl (C=O) groups excluding carboxylic acids is 1. The molecule has 0 saturated heterocycles. The summed E-state index contributed by atoms with van der Waals surface area (Å²) in [6.45, 7) is 1.54. The van der Waals surface area contributed by atoms with Crippen molar-refractivity contribution >= 4 is 33.0 Å². The van der Waals surface area contributed by atoms with Gasteiger partial charge in [0.05, 0.1) is 12.0 Å². The molecule has 0 saturated carbocycles. The Balaban J connectivity index is 2.47. The maximum Gasteiger partial charge on any atom is 0.171 e. The average Bonchev–Trinajstić information content (AvgIpc) is 2.79. The summed E-state index contributed by atoms with van der Waals surface area (Å²) in [7, 11) is 1.62. The first-order chi connectivity index (χ1) is 8.11. The first-order valence-electron chi connectivity index (χ1n) is 4.92. The number of benzene rings is 1. The molecule has 0 aliphatic rings. The molecule has 0 aliphatic carbocycles. The predicted molar refractivity (Wildman–Crippen MR) is 71.8 cm³/mol. The van der Waals surface area contributed by atoms with Crippen LogP contribution in [0.1, 0.15) is 16.6 Å². The van der Waals surface area contributed by atoms with Gasteiger partial charge < -0.3 is 4.74 Å². The lowest BCUT2D eigenvalue weighted by Gasteiger charge is -2.04. The fraction of sp³-hybridized carbons (Fsp3) is 0.167. The first kappa shape index (κ1) is 12.3. The van der Waals surface area contributed by atoms with E-state index in [1.165, 1.54) is 18.3 Å². The number of carbonyl (C=O) groups is 1. The monoisotopic (exact) mass is 311 g/mol. The van der Waals surface area contributed by atoms with Crippen LogP contribution in [0, 0.1) is 0 Å². The second-order valence-corrected chi connectivity index (χ2v) is 5.32. The third-order valence-electron chi connectivity index (χ3n) is 2.26. The average molecular weight is 312 g/mol. The van der Waals surface area contributed by atoms with Crippen molar-refractivity contribution in [3.8, 4) is 16.3 Å². The van der Waals surface area contributed by atoms with E-state index in [0.717, 1.165) is 20.8 Å². The van der Waals surface area contributed by atoms with Gasteiger partial charge in [-0.25, -0.2) is 4.98 Å². The number of hydrogen-bond donors (Lipinski definition) is 0. The predicted octanol–water partition coefficient (Wildman–Crippen LogP) is 3.78.